The van der Waals surface area contributed by atoms with Crippen LogP contribution in [0, 0.1) is 5.82 Å². The molecule has 0 radical (unpaired) electrons. The van der Waals surface area contributed by atoms with E-state index in [0.717, 1.165) is 12.0 Å². The van der Waals surface area contributed by atoms with E-state index in [1.54, 1.807) is 6.07 Å². The van der Waals surface area contributed by atoms with Gasteiger partial charge in [-0.15, -0.1) is 0 Å². The van der Waals surface area contributed by atoms with Crippen LogP contribution < -0.4 is 5.32 Å². The predicted molar refractivity (Wildman–Crippen MR) is 58.6 cm³/mol. The van der Waals surface area contributed by atoms with Crippen molar-refractivity contribution in [2.24, 2.45) is 0 Å². The highest BCUT2D eigenvalue weighted by Gasteiger charge is 1.93. The number of hydrogen-bond donors (Lipinski definition) is 1. The third kappa shape index (κ3) is 3.71. The summed E-state index contributed by atoms with van der Waals surface area (Å²) < 4.78 is 12.8. The molecule has 0 fully saturated rings. The molecule has 0 aliphatic carbocycles. The molecule has 76 valence electrons. The summed E-state index contributed by atoms with van der Waals surface area (Å²) in [5, 5.41) is 3.14. The van der Waals surface area contributed by atoms with Crippen molar-refractivity contribution >= 4 is 6.08 Å². The molecule has 0 heterocycles. The van der Waals surface area contributed by atoms with E-state index in [2.05, 4.69) is 18.3 Å². The van der Waals surface area contributed by atoms with Gasteiger partial charge in [0.1, 0.15) is 5.82 Å². The molecule has 1 rings (SSSR count). The standard InChI is InChI=1S/C12H16FN/c1-10(14-2)5-3-6-11-7-4-8-12(13)9-11/h3-4,6-10,14H,5H2,1-2H3. The Bertz CT molecular complexity index is 307. The molecule has 0 aliphatic rings. The van der Waals surface area contributed by atoms with E-state index in [-0.39, 0.29) is 5.82 Å². The number of hydrogen-bond acceptors (Lipinski definition) is 1. The fraction of sp³-hybridized carbons (Fsp3) is 0.333. The van der Waals surface area contributed by atoms with Crippen LogP contribution >= 0.6 is 0 Å². The van der Waals surface area contributed by atoms with Crippen LogP contribution in [0.2, 0.25) is 0 Å². The Kier molecular flexibility index (Phi) is 4.33. The van der Waals surface area contributed by atoms with Crippen LogP contribution in [0.5, 0.6) is 0 Å². The predicted octanol–water partition coefficient (Wildman–Crippen LogP) is 2.84. The van der Waals surface area contributed by atoms with Crippen molar-refractivity contribution in [2.75, 3.05) is 7.05 Å². The third-order valence-corrected chi connectivity index (χ3v) is 2.14. The van der Waals surface area contributed by atoms with E-state index in [1.165, 1.54) is 12.1 Å². The number of nitrogens with one attached hydrogen (secondary N) is 1. The van der Waals surface area contributed by atoms with Gasteiger partial charge in [-0.2, -0.15) is 0 Å². The van der Waals surface area contributed by atoms with Crippen LogP contribution in [0.1, 0.15) is 18.9 Å². The van der Waals surface area contributed by atoms with E-state index in [0.29, 0.717) is 6.04 Å². The Labute approximate surface area is 84.6 Å². The molecular formula is C12H16FN. The monoisotopic (exact) mass is 193 g/mol. The maximum absolute atomic E-state index is 12.8. The van der Waals surface area contributed by atoms with Crippen molar-refractivity contribution in [2.45, 2.75) is 19.4 Å². The second-order valence-electron chi connectivity index (χ2n) is 3.38. The summed E-state index contributed by atoms with van der Waals surface area (Å²) in [5.41, 5.74) is 0.910. The molecule has 1 nitrogen and oxygen atoms in total. The highest BCUT2D eigenvalue weighted by Crippen LogP contribution is 2.06. The maximum atomic E-state index is 12.8. The van der Waals surface area contributed by atoms with Crippen molar-refractivity contribution < 1.29 is 4.39 Å². The average Bonchev–Trinajstić information content (AvgIpc) is 2.17. The second kappa shape index (κ2) is 5.55. The third-order valence-electron chi connectivity index (χ3n) is 2.14. The summed E-state index contributed by atoms with van der Waals surface area (Å²) in [7, 11) is 1.93. The van der Waals surface area contributed by atoms with Crippen molar-refractivity contribution in [3.8, 4) is 0 Å². The van der Waals surface area contributed by atoms with Crippen LogP contribution in [0.15, 0.2) is 30.3 Å². The maximum Gasteiger partial charge on any atom is 0.123 e. The molecule has 14 heavy (non-hydrogen) atoms. The zero-order chi connectivity index (χ0) is 10.4. The Morgan fingerprint density at radius 2 is 2.29 bits per heavy atom. The first-order valence-corrected chi connectivity index (χ1v) is 4.81. The number of halogens is 1. The zero-order valence-corrected chi connectivity index (χ0v) is 8.63. The van der Waals surface area contributed by atoms with Crippen LogP contribution in [0.25, 0.3) is 6.08 Å². The average molecular weight is 193 g/mol. The highest BCUT2D eigenvalue weighted by molar-refractivity contribution is 5.48. The summed E-state index contributed by atoms with van der Waals surface area (Å²) in [4.78, 5) is 0. The summed E-state index contributed by atoms with van der Waals surface area (Å²) in [6.07, 6.45) is 4.94. The smallest absolute Gasteiger partial charge is 0.123 e. The van der Waals surface area contributed by atoms with Crippen LogP contribution in [-0.2, 0) is 0 Å². The molecule has 0 amide bonds. The van der Waals surface area contributed by atoms with Crippen molar-refractivity contribution in [1.29, 1.82) is 0 Å². The van der Waals surface area contributed by atoms with E-state index in [4.69, 9.17) is 0 Å². The summed E-state index contributed by atoms with van der Waals surface area (Å²) in [5.74, 6) is -0.186. The topological polar surface area (TPSA) is 12.0 Å². The summed E-state index contributed by atoms with van der Waals surface area (Å²) in [6.45, 7) is 2.11. The molecule has 0 aliphatic heterocycles. The lowest BCUT2D eigenvalue weighted by Crippen LogP contribution is -2.19. The molecule has 0 bridgehead atoms. The molecule has 0 saturated heterocycles. The summed E-state index contributed by atoms with van der Waals surface area (Å²) in [6, 6.07) is 7.05. The summed E-state index contributed by atoms with van der Waals surface area (Å²) >= 11 is 0. The fourth-order valence-electron chi connectivity index (χ4n) is 1.14. The Hall–Kier alpha value is -1.15. The molecule has 2 heteroatoms. The Balaban J connectivity index is 2.51. The molecule has 0 spiro atoms. The molecule has 1 atom stereocenters. The molecule has 1 aromatic rings. The molecular weight excluding hydrogens is 177 g/mol. The Morgan fingerprint density at radius 3 is 2.93 bits per heavy atom. The minimum atomic E-state index is -0.186. The van der Waals surface area contributed by atoms with Gasteiger partial charge in [-0.05, 0) is 38.1 Å². The SMILES string of the molecule is CNC(C)CC=Cc1cccc(F)c1. The molecule has 1 N–H and O–H groups in total. The van der Waals surface area contributed by atoms with Crippen LogP contribution in [0.4, 0.5) is 4.39 Å². The number of benzene rings is 1. The van der Waals surface area contributed by atoms with Crippen molar-refractivity contribution in [3.63, 3.8) is 0 Å². The first-order valence-electron chi connectivity index (χ1n) is 4.81. The quantitative estimate of drug-likeness (QED) is 0.775. The van der Waals surface area contributed by atoms with Crippen LogP contribution in [-0.4, -0.2) is 13.1 Å². The largest absolute Gasteiger partial charge is 0.317 e. The van der Waals surface area contributed by atoms with E-state index in [9.17, 15) is 4.39 Å². The van der Waals surface area contributed by atoms with Gasteiger partial charge in [-0.25, -0.2) is 4.39 Å². The first-order chi connectivity index (χ1) is 6.72. The minimum Gasteiger partial charge on any atom is -0.317 e. The van der Waals surface area contributed by atoms with Crippen molar-refractivity contribution in [3.05, 3.63) is 41.7 Å². The second-order valence-corrected chi connectivity index (χ2v) is 3.38. The Morgan fingerprint density at radius 1 is 1.50 bits per heavy atom. The molecule has 1 aromatic carbocycles. The highest BCUT2D eigenvalue weighted by atomic mass is 19.1. The van der Waals surface area contributed by atoms with Gasteiger partial charge in [0.25, 0.3) is 0 Å². The lowest BCUT2D eigenvalue weighted by atomic mass is 10.1. The van der Waals surface area contributed by atoms with Gasteiger partial charge < -0.3 is 5.32 Å². The first kappa shape index (κ1) is 10.9. The van der Waals surface area contributed by atoms with Gasteiger partial charge in [0, 0.05) is 6.04 Å². The van der Waals surface area contributed by atoms with Gasteiger partial charge in [-0.1, -0.05) is 24.3 Å². The fourth-order valence-corrected chi connectivity index (χ4v) is 1.14. The van der Waals surface area contributed by atoms with Gasteiger partial charge >= 0.3 is 0 Å². The zero-order valence-electron chi connectivity index (χ0n) is 8.63. The molecule has 0 saturated carbocycles. The van der Waals surface area contributed by atoms with Gasteiger partial charge in [0.15, 0.2) is 0 Å². The minimum absolute atomic E-state index is 0.186. The lowest BCUT2D eigenvalue weighted by molar-refractivity contribution is 0.620. The molecule has 1 unspecified atom stereocenters. The normalized spacial score (nSPS) is 13.4. The van der Waals surface area contributed by atoms with Gasteiger partial charge in [0.2, 0.25) is 0 Å². The van der Waals surface area contributed by atoms with Crippen LogP contribution in [0.3, 0.4) is 0 Å². The number of rotatable bonds is 4. The van der Waals surface area contributed by atoms with E-state index in [1.807, 2.05) is 19.2 Å². The van der Waals surface area contributed by atoms with Crippen molar-refractivity contribution in [1.82, 2.24) is 5.32 Å². The lowest BCUT2D eigenvalue weighted by Gasteiger charge is -2.04. The van der Waals surface area contributed by atoms with E-state index >= 15 is 0 Å². The van der Waals surface area contributed by atoms with Gasteiger partial charge in [-0.3, -0.25) is 0 Å². The molecule has 0 aromatic heterocycles. The van der Waals surface area contributed by atoms with Gasteiger partial charge in [0.05, 0.1) is 0 Å². The van der Waals surface area contributed by atoms with E-state index < -0.39 is 0 Å².